The summed E-state index contributed by atoms with van der Waals surface area (Å²) in [5.74, 6) is 0.694. The third-order valence-corrected chi connectivity index (χ3v) is 8.57. The maximum Gasteiger partial charge on any atom is 0.0948 e. The van der Waals surface area contributed by atoms with Crippen molar-refractivity contribution in [2.75, 3.05) is 0 Å². The Balaban J connectivity index is 1.77. The van der Waals surface area contributed by atoms with Crippen LogP contribution in [-0.4, -0.2) is 9.55 Å². The first-order chi connectivity index (χ1) is 18.8. The largest absolute Gasteiger partial charge is 0.334 e. The molecule has 2 rings (SSSR count). The number of hydrogen-bond acceptors (Lipinski definition) is 1. The van der Waals surface area contributed by atoms with Gasteiger partial charge in [0, 0.05) is 18.4 Å². The third kappa shape index (κ3) is 15.7. The van der Waals surface area contributed by atoms with E-state index in [9.17, 15) is 0 Å². The van der Waals surface area contributed by atoms with Gasteiger partial charge in [-0.15, -0.1) is 0 Å². The predicted molar refractivity (Wildman–Crippen MR) is 168 cm³/mol. The first-order valence-electron chi connectivity index (χ1n) is 16.9. The molecule has 0 saturated heterocycles. The van der Waals surface area contributed by atoms with Gasteiger partial charge in [0.15, 0.2) is 0 Å². The number of hydrogen-bond donors (Lipinski definition) is 0. The van der Waals surface area contributed by atoms with Crippen molar-refractivity contribution < 1.29 is 0 Å². The van der Waals surface area contributed by atoms with Crippen molar-refractivity contribution >= 4 is 0 Å². The summed E-state index contributed by atoms with van der Waals surface area (Å²) in [4.78, 5) is 4.45. The Morgan fingerprint density at radius 1 is 0.579 bits per heavy atom. The summed E-state index contributed by atoms with van der Waals surface area (Å²) < 4.78 is 2.44. The molecule has 0 aliphatic heterocycles. The van der Waals surface area contributed by atoms with E-state index in [4.69, 9.17) is 0 Å². The van der Waals surface area contributed by atoms with E-state index in [1.165, 1.54) is 153 Å². The van der Waals surface area contributed by atoms with Gasteiger partial charge < -0.3 is 4.57 Å². The summed E-state index contributed by atoms with van der Waals surface area (Å²) in [6.45, 7) is 4.61. The zero-order chi connectivity index (χ0) is 26.9. The number of imidazole rings is 1. The predicted octanol–water partition coefficient (Wildman–Crippen LogP) is 11.9. The Hall–Kier alpha value is -1.57. The van der Waals surface area contributed by atoms with E-state index in [0.29, 0.717) is 12.0 Å². The van der Waals surface area contributed by atoms with Crippen LogP contribution >= 0.6 is 0 Å². The van der Waals surface area contributed by atoms with E-state index in [1.807, 2.05) is 6.20 Å². The molecule has 216 valence electrons. The van der Waals surface area contributed by atoms with E-state index < -0.39 is 0 Å². The Kier molecular flexibility index (Phi) is 20.0. The molecule has 2 nitrogen and oxygen atoms in total. The van der Waals surface area contributed by atoms with Crippen molar-refractivity contribution in [3.8, 4) is 0 Å². The molecule has 0 aliphatic rings. The molecule has 2 atom stereocenters. The molecule has 2 heteroatoms. The lowest BCUT2D eigenvalue weighted by Gasteiger charge is -2.29. The van der Waals surface area contributed by atoms with Gasteiger partial charge in [-0.25, -0.2) is 4.98 Å². The van der Waals surface area contributed by atoms with Gasteiger partial charge in [0.05, 0.1) is 6.33 Å². The lowest BCUT2D eigenvalue weighted by molar-refractivity contribution is 0.275. The maximum absolute atomic E-state index is 4.45. The number of aromatic nitrogens is 2. The fourth-order valence-corrected chi connectivity index (χ4v) is 6.18. The summed E-state index contributed by atoms with van der Waals surface area (Å²) in [6.07, 6.45) is 38.3. The molecule has 1 heterocycles. The summed E-state index contributed by atoms with van der Waals surface area (Å²) in [5, 5.41) is 0. The molecule has 0 radical (unpaired) electrons. The summed E-state index contributed by atoms with van der Waals surface area (Å²) in [5.41, 5.74) is 1.50. The summed E-state index contributed by atoms with van der Waals surface area (Å²) in [6, 6.07) is 11.8. The third-order valence-electron chi connectivity index (χ3n) is 8.57. The van der Waals surface area contributed by atoms with Crippen LogP contribution < -0.4 is 0 Å². The number of rotatable bonds is 26. The minimum absolute atomic E-state index is 0.574. The molecule has 0 amide bonds. The minimum atomic E-state index is 0.574. The first-order valence-corrected chi connectivity index (χ1v) is 16.9. The zero-order valence-electron chi connectivity index (χ0n) is 25.4. The average molecular weight is 523 g/mol. The van der Waals surface area contributed by atoms with Crippen LogP contribution in [0.3, 0.4) is 0 Å². The van der Waals surface area contributed by atoms with Crippen LogP contribution in [0.25, 0.3) is 0 Å². The Morgan fingerprint density at radius 3 is 1.53 bits per heavy atom. The highest BCUT2D eigenvalue weighted by Crippen LogP contribution is 2.32. The molecule has 0 N–H and O–H groups in total. The van der Waals surface area contributed by atoms with Crippen molar-refractivity contribution in [2.45, 2.75) is 168 Å². The molecular formula is C36H62N2. The van der Waals surface area contributed by atoms with Gasteiger partial charge in [0.25, 0.3) is 0 Å². The molecule has 0 fully saturated rings. The van der Waals surface area contributed by atoms with Gasteiger partial charge in [-0.1, -0.05) is 173 Å². The normalized spacial score (nSPS) is 13.1. The van der Waals surface area contributed by atoms with Crippen molar-refractivity contribution in [2.24, 2.45) is 5.92 Å². The molecule has 0 spiro atoms. The highest BCUT2D eigenvalue weighted by atomic mass is 15.1. The van der Waals surface area contributed by atoms with Crippen molar-refractivity contribution in [3.63, 3.8) is 0 Å². The smallest absolute Gasteiger partial charge is 0.0948 e. The molecule has 2 aromatic rings. The quantitative estimate of drug-likeness (QED) is 0.112. The molecule has 1 aromatic heterocycles. The van der Waals surface area contributed by atoms with Crippen LogP contribution in [0.15, 0.2) is 49.1 Å². The van der Waals surface area contributed by atoms with E-state index in [1.54, 1.807) is 0 Å². The summed E-state index contributed by atoms with van der Waals surface area (Å²) >= 11 is 0. The minimum Gasteiger partial charge on any atom is -0.334 e. The highest BCUT2D eigenvalue weighted by molar-refractivity contribution is 5.15. The first kappa shape index (κ1) is 32.6. The van der Waals surface area contributed by atoms with Gasteiger partial charge >= 0.3 is 0 Å². The second-order valence-electron chi connectivity index (χ2n) is 12.0. The van der Waals surface area contributed by atoms with Crippen molar-refractivity contribution in [3.05, 3.63) is 54.6 Å². The van der Waals surface area contributed by atoms with Gasteiger partial charge in [0.2, 0.25) is 0 Å². The van der Waals surface area contributed by atoms with E-state index >= 15 is 0 Å². The molecule has 1 aromatic carbocycles. The SMILES string of the molecule is CCCCCCCCCCCCCCC(C(CCCCCCCCCC)Cc1ccccc1)n1ccnc1. The second kappa shape index (κ2) is 23.3. The van der Waals surface area contributed by atoms with E-state index in [-0.39, 0.29) is 0 Å². The van der Waals surface area contributed by atoms with Gasteiger partial charge in [-0.3, -0.25) is 0 Å². The van der Waals surface area contributed by atoms with Crippen molar-refractivity contribution in [1.82, 2.24) is 9.55 Å². The lowest BCUT2D eigenvalue weighted by Crippen LogP contribution is -2.21. The fraction of sp³-hybridized carbons (Fsp3) is 0.750. The molecule has 0 aliphatic carbocycles. The molecular weight excluding hydrogens is 460 g/mol. The monoisotopic (exact) mass is 522 g/mol. The second-order valence-corrected chi connectivity index (χ2v) is 12.0. The summed E-state index contributed by atoms with van der Waals surface area (Å²) in [7, 11) is 0. The molecule has 0 bridgehead atoms. The van der Waals surface area contributed by atoms with Crippen LogP contribution in [0.2, 0.25) is 0 Å². The average Bonchev–Trinajstić information content (AvgIpc) is 3.48. The Morgan fingerprint density at radius 2 is 1.05 bits per heavy atom. The number of unbranched alkanes of at least 4 members (excludes halogenated alkanes) is 18. The van der Waals surface area contributed by atoms with E-state index in [2.05, 4.69) is 66.3 Å². The Labute approximate surface area is 237 Å². The standard InChI is InChI=1S/C36H62N2/c1-3-5-7-9-11-13-14-15-16-18-20-25-29-36(38-31-30-37-33-38)35(32-34-26-22-21-23-27-34)28-24-19-17-12-10-8-6-4-2/h21-23,26-27,30-31,33,35-36H,3-20,24-25,28-29,32H2,1-2H3. The van der Waals surface area contributed by atoms with Crippen molar-refractivity contribution in [1.29, 1.82) is 0 Å². The van der Waals surface area contributed by atoms with Crippen LogP contribution in [0.4, 0.5) is 0 Å². The maximum atomic E-state index is 4.45. The van der Waals surface area contributed by atoms with Gasteiger partial charge in [-0.05, 0) is 30.7 Å². The molecule has 2 unspecified atom stereocenters. The Bertz CT molecular complexity index is 723. The highest BCUT2D eigenvalue weighted by Gasteiger charge is 2.23. The number of nitrogens with zero attached hydrogens (tertiary/aromatic N) is 2. The van der Waals surface area contributed by atoms with Crippen LogP contribution in [0.1, 0.15) is 167 Å². The molecule has 0 saturated carbocycles. The topological polar surface area (TPSA) is 17.8 Å². The van der Waals surface area contributed by atoms with Gasteiger partial charge in [-0.2, -0.15) is 0 Å². The van der Waals surface area contributed by atoms with Crippen LogP contribution in [0, 0.1) is 5.92 Å². The zero-order valence-corrected chi connectivity index (χ0v) is 25.4. The van der Waals surface area contributed by atoms with Gasteiger partial charge in [0.1, 0.15) is 0 Å². The molecule has 38 heavy (non-hydrogen) atoms. The fourth-order valence-electron chi connectivity index (χ4n) is 6.18. The van der Waals surface area contributed by atoms with E-state index in [0.717, 1.165) is 0 Å². The van der Waals surface area contributed by atoms with Crippen LogP contribution in [-0.2, 0) is 6.42 Å². The lowest BCUT2D eigenvalue weighted by atomic mass is 9.84. The van der Waals surface area contributed by atoms with Crippen LogP contribution in [0.5, 0.6) is 0 Å². The number of benzene rings is 1.